The van der Waals surface area contributed by atoms with E-state index < -0.39 is 12.1 Å². The lowest BCUT2D eigenvalue weighted by Crippen LogP contribution is -2.15. The topological polar surface area (TPSA) is 81.9 Å². The first-order valence-electron chi connectivity index (χ1n) is 8.26. The van der Waals surface area contributed by atoms with Crippen LogP contribution in [0, 0.1) is 12.8 Å². The normalized spacial score (nSPS) is 18.8. The van der Waals surface area contributed by atoms with E-state index in [1.807, 2.05) is 17.7 Å². The summed E-state index contributed by atoms with van der Waals surface area (Å²) in [4.78, 5) is 24.7. The van der Waals surface area contributed by atoms with Gasteiger partial charge in [-0.05, 0) is 25.5 Å². The highest BCUT2D eigenvalue weighted by molar-refractivity contribution is 5.96. The van der Waals surface area contributed by atoms with Gasteiger partial charge < -0.3 is 14.6 Å². The van der Waals surface area contributed by atoms with Crippen molar-refractivity contribution >= 4 is 22.6 Å². The van der Waals surface area contributed by atoms with Crippen molar-refractivity contribution in [2.24, 2.45) is 13.0 Å². The Bertz CT molecular complexity index is 1020. The molecule has 134 valence electrons. The SMILES string of the molecule is COc1nc(C)ncc1-c1cc2cc(NC(=O)[C@@H]3C[C@@H]3F)ncc2n1C. The smallest absolute Gasteiger partial charge is 0.231 e. The molecule has 0 aliphatic heterocycles. The Labute approximate surface area is 149 Å². The lowest BCUT2D eigenvalue weighted by atomic mass is 10.2. The van der Waals surface area contributed by atoms with Gasteiger partial charge in [0.05, 0.1) is 36.0 Å². The van der Waals surface area contributed by atoms with Gasteiger partial charge in [0.2, 0.25) is 11.8 Å². The third kappa shape index (κ3) is 2.77. The molecule has 26 heavy (non-hydrogen) atoms. The lowest BCUT2D eigenvalue weighted by Gasteiger charge is -2.09. The Kier molecular flexibility index (Phi) is 3.82. The Morgan fingerprint density at radius 1 is 1.35 bits per heavy atom. The molecule has 0 spiro atoms. The number of anilines is 1. The molecule has 1 amide bonds. The number of hydrogen-bond donors (Lipinski definition) is 1. The quantitative estimate of drug-likeness (QED) is 0.778. The highest BCUT2D eigenvalue weighted by atomic mass is 19.1. The minimum Gasteiger partial charge on any atom is -0.480 e. The molecular formula is C18H18FN5O2. The number of pyridine rings is 1. The molecule has 2 atom stereocenters. The number of fused-ring (bicyclic) bond motifs is 1. The largest absolute Gasteiger partial charge is 0.480 e. The fourth-order valence-corrected chi connectivity index (χ4v) is 3.00. The van der Waals surface area contributed by atoms with Crippen molar-refractivity contribution in [2.75, 3.05) is 12.4 Å². The number of carbonyl (C=O) groups is 1. The van der Waals surface area contributed by atoms with E-state index in [0.29, 0.717) is 17.5 Å². The highest BCUT2D eigenvalue weighted by Crippen LogP contribution is 2.35. The number of carbonyl (C=O) groups excluding carboxylic acids is 1. The molecule has 1 aliphatic rings. The van der Waals surface area contributed by atoms with Crippen LogP contribution < -0.4 is 10.1 Å². The third-order valence-electron chi connectivity index (χ3n) is 4.57. The second-order valence-electron chi connectivity index (χ2n) is 6.40. The number of nitrogens with zero attached hydrogens (tertiary/aromatic N) is 4. The highest BCUT2D eigenvalue weighted by Gasteiger charge is 2.43. The van der Waals surface area contributed by atoms with Crippen LogP contribution in [0.4, 0.5) is 10.2 Å². The Morgan fingerprint density at radius 3 is 2.81 bits per heavy atom. The number of rotatable bonds is 4. The van der Waals surface area contributed by atoms with Crippen molar-refractivity contribution in [3.8, 4) is 17.1 Å². The molecule has 0 saturated heterocycles. The van der Waals surface area contributed by atoms with Gasteiger partial charge in [-0.15, -0.1) is 0 Å². The molecule has 1 aliphatic carbocycles. The van der Waals surface area contributed by atoms with E-state index >= 15 is 0 Å². The molecule has 1 N–H and O–H groups in total. The van der Waals surface area contributed by atoms with Crippen LogP contribution in [-0.2, 0) is 11.8 Å². The summed E-state index contributed by atoms with van der Waals surface area (Å²) in [6, 6.07) is 3.73. The van der Waals surface area contributed by atoms with Crippen molar-refractivity contribution < 1.29 is 13.9 Å². The predicted octanol–water partition coefficient (Wildman–Crippen LogP) is 2.64. The molecule has 4 rings (SSSR count). The molecule has 7 nitrogen and oxygen atoms in total. The first-order chi connectivity index (χ1) is 12.5. The van der Waals surface area contributed by atoms with Crippen molar-refractivity contribution in [1.29, 1.82) is 0 Å². The molecule has 1 saturated carbocycles. The number of alkyl halides is 1. The molecule has 8 heteroatoms. The van der Waals surface area contributed by atoms with Crippen LogP contribution >= 0.6 is 0 Å². The zero-order chi connectivity index (χ0) is 18.4. The average Bonchev–Trinajstić information content (AvgIpc) is 3.27. The summed E-state index contributed by atoms with van der Waals surface area (Å²) in [6.45, 7) is 1.80. The number of hydrogen-bond acceptors (Lipinski definition) is 5. The summed E-state index contributed by atoms with van der Waals surface area (Å²) in [5.41, 5.74) is 2.52. The fraction of sp³-hybridized carbons (Fsp3) is 0.333. The van der Waals surface area contributed by atoms with Gasteiger partial charge in [-0.1, -0.05) is 0 Å². The van der Waals surface area contributed by atoms with E-state index in [1.165, 1.54) is 0 Å². The lowest BCUT2D eigenvalue weighted by molar-refractivity contribution is -0.117. The van der Waals surface area contributed by atoms with Gasteiger partial charge >= 0.3 is 0 Å². The second kappa shape index (κ2) is 6.05. The van der Waals surface area contributed by atoms with E-state index in [1.54, 1.807) is 32.5 Å². The fourth-order valence-electron chi connectivity index (χ4n) is 3.00. The summed E-state index contributed by atoms with van der Waals surface area (Å²) in [5.74, 6) is 0.655. The van der Waals surface area contributed by atoms with Crippen LogP contribution in [-0.4, -0.2) is 38.7 Å². The number of amides is 1. The number of halogens is 1. The first kappa shape index (κ1) is 16.4. The number of nitrogens with one attached hydrogen (secondary N) is 1. The number of aromatic nitrogens is 4. The summed E-state index contributed by atoms with van der Waals surface area (Å²) < 4.78 is 20.4. The van der Waals surface area contributed by atoms with Crippen molar-refractivity contribution in [3.63, 3.8) is 0 Å². The maximum atomic E-state index is 13.0. The number of aryl methyl sites for hydroxylation is 2. The van der Waals surface area contributed by atoms with E-state index in [2.05, 4.69) is 20.3 Å². The number of methoxy groups -OCH3 is 1. The standard InChI is InChI=1S/C18H18FN5O2/c1-9-20-7-12(18(22-9)26-3)14-4-10-5-16(21-8-15(10)24(14)2)23-17(25)11-6-13(11)19/h4-5,7-8,11,13H,6H2,1-3H3,(H,21,23,25)/t11-,13+/m1/s1. The molecule has 1 fully saturated rings. The van der Waals surface area contributed by atoms with Gasteiger partial charge in [-0.3, -0.25) is 4.79 Å². The van der Waals surface area contributed by atoms with Crippen molar-refractivity contribution in [2.45, 2.75) is 19.5 Å². The summed E-state index contributed by atoms with van der Waals surface area (Å²) >= 11 is 0. The molecular weight excluding hydrogens is 337 g/mol. The second-order valence-corrected chi connectivity index (χ2v) is 6.40. The van der Waals surface area contributed by atoms with E-state index in [4.69, 9.17) is 4.74 Å². The van der Waals surface area contributed by atoms with Crippen LogP contribution in [0.2, 0.25) is 0 Å². The maximum absolute atomic E-state index is 13.0. The van der Waals surface area contributed by atoms with Crippen LogP contribution in [0.25, 0.3) is 22.2 Å². The predicted molar refractivity (Wildman–Crippen MR) is 94.7 cm³/mol. The van der Waals surface area contributed by atoms with E-state index in [0.717, 1.165) is 22.2 Å². The first-order valence-corrected chi connectivity index (χ1v) is 8.26. The van der Waals surface area contributed by atoms with Gasteiger partial charge in [0, 0.05) is 18.6 Å². The van der Waals surface area contributed by atoms with Crippen LogP contribution in [0.15, 0.2) is 24.5 Å². The monoisotopic (exact) mass is 355 g/mol. The van der Waals surface area contributed by atoms with Crippen molar-refractivity contribution in [1.82, 2.24) is 19.5 Å². The minimum absolute atomic E-state index is 0.288. The molecule has 3 heterocycles. The van der Waals surface area contributed by atoms with Crippen LogP contribution in [0.5, 0.6) is 5.88 Å². The van der Waals surface area contributed by atoms with Gasteiger partial charge in [0.1, 0.15) is 17.8 Å². The van der Waals surface area contributed by atoms with Gasteiger partial charge in [0.25, 0.3) is 0 Å². The average molecular weight is 355 g/mol. The molecule has 3 aromatic heterocycles. The minimum atomic E-state index is -1.03. The van der Waals surface area contributed by atoms with Crippen molar-refractivity contribution in [3.05, 3.63) is 30.4 Å². The van der Waals surface area contributed by atoms with Crippen LogP contribution in [0.3, 0.4) is 0 Å². The van der Waals surface area contributed by atoms with Gasteiger partial charge in [-0.2, -0.15) is 4.98 Å². The van der Waals surface area contributed by atoms with Gasteiger partial charge in [-0.25, -0.2) is 14.4 Å². The van der Waals surface area contributed by atoms with Gasteiger partial charge in [0.15, 0.2) is 0 Å². The molecule has 3 aromatic rings. The molecule has 0 bridgehead atoms. The Morgan fingerprint density at radius 2 is 2.12 bits per heavy atom. The Hall–Kier alpha value is -3.03. The zero-order valence-electron chi connectivity index (χ0n) is 14.7. The maximum Gasteiger partial charge on any atom is 0.231 e. The van der Waals surface area contributed by atoms with Crippen LogP contribution in [0.1, 0.15) is 12.2 Å². The summed E-state index contributed by atoms with van der Waals surface area (Å²) in [6.07, 6.45) is 2.66. The molecule has 0 radical (unpaired) electrons. The third-order valence-corrected chi connectivity index (χ3v) is 4.57. The zero-order valence-corrected chi connectivity index (χ0v) is 14.7. The summed E-state index contributed by atoms with van der Waals surface area (Å²) in [5, 5.41) is 3.57. The summed E-state index contributed by atoms with van der Waals surface area (Å²) in [7, 11) is 3.48. The number of ether oxygens (including phenoxy) is 1. The Balaban J connectivity index is 1.71. The van der Waals surface area contributed by atoms with E-state index in [-0.39, 0.29) is 12.3 Å². The van der Waals surface area contributed by atoms with E-state index in [9.17, 15) is 9.18 Å². The molecule has 0 aromatic carbocycles. The molecule has 0 unspecified atom stereocenters.